The Hall–Kier alpha value is -3.98. The molecule has 33 heavy (non-hydrogen) atoms. The molecule has 0 radical (unpaired) electrons. The van der Waals surface area contributed by atoms with Gasteiger partial charge in [0.25, 0.3) is 11.8 Å². The molecule has 0 saturated carbocycles. The number of aromatic nitrogens is 4. The average Bonchev–Trinajstić information content (AvgIpc) is 3.57. The molecule has 1 saturated heterocycles. The Labute approximate surface area is 190 Å². The number of carbonyl (C=O) groups excluding carboxylic acids is 2. The maximum absolute atomic E-state index is 13.0. The van der Waals surface area contributed by atoms with Crippen LogP contribution < -0.4 is 10.6 Å². The summed E-state index contributed by atoms with van der Waals surface area (Å²) < 4.78 is 8.65. The number of hydrogen-bond donors (Lipinski definition) is 2. The number of nitrogens with zero attached hydrogens (tertiary/aromatic N) is 4. The molecule has 0 spiro atoms. The Bertz CT molecular complexity index is 1300. The van der Waals surface area contributed by atoms with Crippen molar-refractivity contribution in [2.75, 3.05) is 25.1 Å². The molecule has 2 N–H and O–H groups in total. The molecule has 1 unspecified atom stereocenters. The van der Waals surface area contributed by atoms with Crippen LogP contribution in [0.5, 0.6) is 0 Å². The maximum Gasteiger partial charge on any atom is 0.274 e. The van der Waals surface area contributed by atoms with Crippen molar-refractivity contribution < 1.29 is 14.3 Å². The Balaban J connectivity index is 1.33. The minimum atomic E-state index is -0.413. The Morgan fingerprint density at radius 2 is 2.03 bits per heavy atom. The summed E-state index contributed by atoms with van der Waals surface area (Å²) in [6, 6.07) is 13.5. The number of imidazole rings is 1. The highest BCUT2D eigenvalue weighted by atomic mass is 16.5. The van der Waals surface area contributed by atoms with E-state index >= 15 is 0 Å². The van der Waals surface area contributed by atoms with Crippen LogP contribution in [0.4, 0.5) is 5.69 Å². The predicted octanol–water partition coefficient (Wildman–Crippen LogP) is 2.75. The first-order valence-corrected chi connectivity index (χ1v) is 10.8. The van der Waals surface area contributed by atoms with Crippen molar-refractivity contribution in [3.05, 3.63) is 72.3 Å². The third kappa shape index (κ3) is 4.35. The van der Waals surface area contributed by atoms with E-state index in [2.05, 4.69) is 20.7 Å². The highest BCUT2D eigenvalue weighted by Crippen LogP contribution is 2.21. The maximum atomic E-state index is 13.0. The van der Waals surface area contributed by atoms with Gasteiger partial charge in [-0.05, 0) is 12.5 Å². The molecule has 0 bridgehead atoms. The summed E-state index contributed by atoms with van der Waals surface area (Å²) in [4.78, 5) is 30.4. The lowest BCUT2D eigenvalue weighted by Crippen LogP contribution is -2.31. The number of nitrogens with one attached hydrogen (secondary N) is 2. The van der Waals surface area contributed by atoms with Gasteiger partial charge in [-0.2, -0.15) is 5.10 Å². The Morgan fingerprint density at radius 1 is 1.18 bits per heavy atom. The fourth-order valence-corrected chi connectivity index (χ4v) is 3.95. The van der Waals surface area contributed by atoms with Gasteiger partial charge in [0.15, 0.2) is 0 Å². The van der Waals surface area contributed by atoms with Crippen molar-refractivity contribution in [3.63, 3.8) is 0 Å². The quantitative estimate of drug-likeness (QED) is 0.476. The zero-order chi connectivity index (χ0) is 22.8. The van der Waals surface area contributed by atoms with Crippen LogP contribution in [-0.2, 0) is 11.8 Å². The first kappa shape index (κ1) is 20.9. The first-order chi connectivity index (χ1) is 16.1. The number of ether oxygens (including phenoxy) is 1. The number of anilines is 1. The van der Waals surface area contributed by atoms with E-state index in [9.17, 15) is 9.59 Å². The van der Waals surface area contributed by atoms with Gasteiger partial charge in [0, 0.05) is 55.8 Å². The molecule has 1 aliphatic heterocycles. The lowest BCUT2D eigenvalue weighted by Gasteiger charge is -2.11. The molecule has 9 nitrogen and oxygen atoms in total. The number of benzene rings is 1. The third-order valence-corrected chi connectivity index (χ3v) is 5.76. The summed E-state index contributed by atoms with van der Waals surface area (Å²) in [5.41, 5.74) is 3.58. The third-order valence-electron chi connectivity index (χ3n) is 5.76. The van der Waals surface area contributed by atoms with Gasteiger partial charge in [-0.15, -0.1) is 0 Å². The first-order valence-electron chi connectivity index (χ1n) is 10.8. The standard InChI is InChI=1S/C24H24N6O3/c1-29-22(19(13-26-29)23(31)25-12-16-8-10-33-15-16)24(32)27-18-7-9-30-14-20(28-21(30)11-18)17-5-3-2-4-6-17/h2-7,9,11,13-14,16H,8,10,12,15H2,1H3,(H,25,31)(H,27,32). The highest BCUT2D eigenvalue weighted by Gasteiger charge is 2.24. The molecular formula is C24H24N6O3. The Kier molecular flexibility index (Phi) is 5.62. The van der Waals surface area contributed by atoms with E-state index in [0.717, 1.165) is 24.3 Å². The van der Waals surface area contributed by atoms with E-state index in [4.69, 9.17) is 4.74 Å². The number of rotatable bonds is 6. The van der Waals surface area contributed by atoms with E-state index < -0.39 is 5.91 Å². The monoisotopic (exact) mass is 444 g/mol. The number of fused-ring (bicyclic) bond motifs is 1. The van der Waals surface area contributed by atoms with Gasteiger partial charge in [0.05, 0.1) is 24.1 Å². The second kappa shape index (κ2) is 8.87. The molecule has 2 amide bonds. The molecule has 1 aliphatic rings. The van der Waals surface area contributed by atoms with E-state index in [1.54, 1.807) is 19.2 Å². The van der Waals surface area contributed by atoms with Crippen LogP contribution in [0.1, 0.15) is 27.3 Å². The molecular weight excluding hydrogens is 420 g/mol. The normalized spacial score (nSPS) is 15.6. The largest absolute Gasteiger partial charge is 0.381 e. The number of hydrogen-bond acceptors (Lipinski definition) is 5. The van der Waals surface area contributed by atoms with Gasteiger partial charge in [0.2, 0.25) is 0 Å². The molecule has 9 heteroatoms. The van der Waals surface area contributed by atoms with Crippen molar-refractivity contribution >= 4 is 23.1 Å². The van der Waals surface area contributed by atoms with Crippen molar-refractivity contribution in [1.82, 2.24) is 24.5 Å². The number of pyridine rings is 1. The van der Waals surface area contributed by atoms with Crippen molar-refractivity contribution in [3.8, 4) is 11.3 Å². The molecule has 4 aromatic rings. The second-order valence-electron chi connectivity index (χ2n) is 8.10. The summed E-state index contributed by atoms with van der Waals surface area (Å²) in [6.45, 7) is 1.87. The van der Waals surface area contributed by atoms with Crippen LogP contribution in [0.2, 0.25) is 0 Å². The fourth-order valence-electron chi connectivity index (χ4n) is 3.95. The predicted molar refractivity (Wildman–Crippen MR) is 123 cm³/mol. The summed E-state index contributed by atoms with van der Waals surface area (Å²) in [7, 11) is 1.64. The van der Waals surface area contributed by atoms with Crippen molar-refractivity contribution in [1.29, 1.82) is 0 Å². The zero-order valence-electron chi connectivity index (χ0n) is 18.2. The van der Waals surface area contributed by atoms with E-state index in [1.807, 2.05) is 47.1 Å². The van der Waals surface area contributed by atoms with E-state index in [1.165, 1.54) is 10.9 Å². The minimum absolute atomic E-state index is 0.198. The van der Waals surface area contributed by atoms with Crippen LogP contribution >= 0.6 is 0 Å². The lowest BCUT2D eigenvalue weighted by atomic mass is 10.1. The summed E-state index contributed by atoms with van der Waals surface area (Å²) >= 11 is 0. The molecule has 4 heterocycles. The topological polar surface area (TPSA) is 103 Å². The summed E-state index contributed by atoms with van der Waals surface area (Å²) in [6.07, 6.45) is 6.11. The van der Waals surface area contributed by atoms with Crippen LogP contribution in [0.3, 0.4) is 0 Å². The van der Waals surface area contributed by atoms with Gasteiger partial charge in [0.1, 0.15) is 11.3 Å². The minimum Gasteiger partial charge on any atom is -0.381 e. The second-order valence-corrected chi connectivity index (χ2v) is 8.10. The van der Waals surface area contributed by atoms with E-state index in [-0.39, 0.29) is 17.2 Å². The highest BCUT2D eigenvalue weighted by molar-refractivity contribution is 6.11. The van der Waals surface area contributed by atoms with Gasteiger partial charge >= 0.3 is 0 Å². The van der Waals surface area contributed by atoms with Crippen LogP contribution in [0.15, 0.2) is 61.1 Å². The van der Waals surface area contributed by atoms with Crippen LogP contribution in [0.25, 0.3) is 16.9 Å². The summed E-state index contributed by atoms with van der Waals surface area (Å²) in [5, 5.41) is 9.88. The lowest BCUT2D eigenvalue weighted by molar-refractivity contribution is 0.0931. The molecule has 1 fully saturated rings. The zero-order valence-corrected chi connectivity index (χ0v) is 18.2. The van der Waals surface area contributed by atoms with Crippen molar-refractivity contribution in [2.24, 2.45) is 13.0 Å². The molecule has 168 valence electrons. The van der Waals surface area contributed by atoms with Crippen LogP contribution in [-0.4, -0.2) is 50.7 Å². The Morgan fingerprint density at radius 3 is 2.82 bits per heavy atom. The van der Waals surface area contributed by atoms with Gasteiger partial charge in [-0.1, -0.05) is 30.3 Å². The van der Waals surface area contributed by atoms with Gasteiger partial charge in [-0.3, -0.25) is 14.3 Å². The number of aryl methyl sites for hydroxylation is 1. The summed E-state index contributed by atoms with van der Waals surface area (Å²) in [5.74, 6) is -0.440. The van der Waals surface area contributed by atoms with Gasteiger partial charge < -0.3 is 19.8 Å². The SMILES string of the molecule is Cn1ncc(C(=O)NCC2CCOC2)c1C(=O)Nc1ccn2cc(-c3ccccc3)nc2c1. The van der Waals surface area contributed by atoms with Gasteiger partial charge in [-0.25, -0.2) is 4.98 Å². The molecule has 5 rings (SSSR count). The van der Waals surface area contributed by atoms with Crippen LogP contribution in [0, 0.1) is 5.92 Å². The van der Waals surface area contributed by atoms with Crippen molar-refractivity contribution in [2.45, 2.75) is 6.42 Å². The van der Waals surface area contributed by atoms with E-state index in [0.29, 0.717) is 30.4 Å². The molecule has 0 aliphatic carbocycles. The number of carbonyl (C=O) groups is 2. The average molecular weight is 444 g/mol. The fraction of sp³-hybridized carbons (Fsp3) is 0.250. The number of amides is 2. The molecule has 3 aromatic heterocycles. The molecule has 1 atom stereocenters. The smallest absolute Gasteiger partial charge is 0.274 e. The molecule has 1 aromatic carbocycles.